The molecule has 18 heavy (non-hydrogen) atoms. The molecule has 2 heterocycles. The molecule has 0 atom stereocenters. The highest BCUT2D eigenvalue weighted by Crippen LogP contribution is 2.15. The molecule has 0 aliphatic heterocycles. The molecule has 0 saturated heterocycles. The van der Waals surface area contributed by atoms with E-state index in [9.17, 15) is 4.79 Å². The molecule has 2 N–H and O–H groups in total. The van der Waals surface area contributed by atoms with Gasteiger partial charge >= 0.3 is 0 Å². The van der Waals surface area contributed by atoms with Gasteiger partial charge in [0, 0.05) is 26.2 Å². The number of hydrogen-bond acceptors (Lipinski definition) is 4. The lowest BCUT2D eigenvalue weighted by atomic mass is 10.2. The quantitative estimate of drug-likeness (QED) is 0.884. The molecule has 0 spiro atoms. The minimum atomic E-state index is -0.159. The Kier molecular flexibility index (Phi) is 3.10. The Labute approximate surface area is 105 Å². The molecule has 2 aromatic heterocycles. The maximum atomic E-state index is 12.2. The van der Waals surface area contributed by atoms with E-state index in [1.54, 1.807) is 25.3 Å². The van der Waals surface area contributed by atoms with Gasteiger partial charge in [-0.1, -0.05) is 0 Å². The summed E-state index contributed by atoms with van der Waals surface area (Å²) in [5.74, 6) is 0.653. The fraction of sp³-hybridized carbons (Fsp3) is 0.333. The fourth-order valence-corrected chi connectivity index (χ4v) is 1.80. The van der Waals surface area contributed by atoms with E-state index in [4.69, 9.17) is 10.2 Å². The Morgan fingerprint density at radius 2 is 2.33 bits per heavy atom. The second kappa shape index (κ2) is 4.56. The molecular weight excluding hydrogens is 232 g/mol. The number of rotatable bonds is 3. The van der Waals surface area contributed by atoms with Gasteiger partial charge in [0.15, 0.2) is 0 Å². The van der Waals surface area contributed by atoms with Crippen LogP contribution >= 0.6 is 0 Å². The van der Waals surface area contributed by atoms with Crippen LogP contribution in [-0.2, 0) is 13.6 Å². The van der Waals surface area contributed by atoms with Gasteiger partial charge in [-0.15, -0.1) is 0 Å². The van der Waals surface area contributed by atoms with E-state index >= 15 is 0 Å². The Bertz CT molecular complexity index is 551. The molecule has 2 aromatic rings. The second-order valence-electron chi connectivity index (χ2n) is 4.24. The number of aromatic nitrogens is 2. The van der Waals surface area contributed by atoms with Crippen molar-refractivity contribution < 1.29 is 9.21 Å². The molecule has 96 valence electrons. The van der Waals surface area contributed by atoms with Gasteiger partial charge in [0.2, 0.25) is 0 Å². The summed E-state index contributed by atoms with van der Waals surface area (Å²) in [5.41, 5.74) is 7.50. The van der Waals surface area contributed by atoms with Crippen LogP contribution in [-0.4, -0.2) is 27.6 Å². The number of nitrogens with two attached hydrogens (primary N) is 1. The Morgan fingerprint density at radius 3 is 2.83 bits per heavy atom. The van der Waals surface area contributed by atoms with E-state index in [1.807, 2.05) is 13.0 Å². The fourth-order valence-electron chi connectivity index (χ4n) is 1.80. The number of carbonyl (C=O) groups excluding carboxylic acids is 1. The van der Waals surface area contributed by atoms with Crippen LogP contribution in [0.2, 0.25) is 0 Å². The highest BCUT2D eigenvalue weighted by molar-refractivity contribution is 5.97. The van der Waals surface area contributed by atoms with E-state index < -0.39 is 0 Å². The maximum absolute atomic E-state index is 12.2. The highest BCUT2D eigenvalue weighted by atomic mass is 16.3. The number of amides is 1. The van der Waals surface area contributed by atoms with E-state index in [0.29, 0.717) is 17.9 Å². The largest absolute Gasteiger partial charge is 0.469 e. The first-order chi connectivity index (χ1) is 8.50. The molecule has 0 saturated carbocycles. The molecule has 2 rings (SSSR count). The van der Waals surface area contributed by atoms with E-state index in [-0.39, 0.29) is 5.91 Å². The molecule has 0 unspecified atom stereocenters. The van der Waals surface area contributed by atoms with Crippen molar-refractivity contribution in [2.24, 2.45) is 7.05 Å². The summed E-state index contributed by atoms with van der Waals surface area (Å²) in [4.78, 5) is 13.8. The number of nitrogens with zero attached hydrogens (tertiary/aromatic N) is 3. The lowest BCUT2D eigenvalue weighted by Gasteiger charge is -2.17. The number of furan rings is 1. The lowest BCUT2D eigenvalue weighted by molar-refractivity contribution is 0.0775. The highest BCUT2D eigenvalue weighted by Gasteiger charge is 2.19. The summed E-state index contributed by atoms with van der Waals surface area (Å²) in [6, 6.07) is 1.85. The van der Waals surface area contributed by atoms with Crippen LogP contribution in [0.25, 0.3) is 0 Å². The van der Waals surface area contributed by atoms with Gasteiger partial charge in [0.25, 0.3) is 5.91 Å². The van der Waals surface area contributed by atoms with Crippen LogP contribution < -0.4 is 5.73 Å². The van der Waals surface area contributed by atoms with Crippen LogP contribution in [0.3, 0.4) is 0 Å². The van der Waals surface area contributed by atoms with Crippen molar-refractivity contribution in [3.8, 4) is 0 Å². The third-order valence-corrected chi connectivity index (χ3v) is 2.89. The summed E-state index contributed by atoms with van der Waals surface area (Å²) in [7, 11) is 3.42. The zero-order chi connectivity index (χ0) is 13.3. The maximum Gasteiger partial charge on any atom is 0.274 e. The van der Waals surface area contributed by atoms with Crippen molar-refractivity contribution in [3.63, 3.8) is 0 Å². The van der Waals surface area contributed by atoms with Crippen molar-refractivity contribution in [1.29, 1.82) is 0 Å². The predicted octanol–water partition coefficient (Wildman–Crippen LogP) is 1.18. The number of anilines is 1. The number of nitrogen functional groups attached to an aromatic ring is 1. The lowest BCUT2D eigenvalue weighted by Crippen LogP contribution is -2.28. The third kappa shape index (κ3) is 2.09. The van der Waals surface area contributed by atoms with Crippen molar-refractivity contribution in [2.45, 2.75) is 13.5 Å². The van der Waals surface area contributed by atoms with Gasteiger partial charge in [-0.2, -0.15) is 5.10 Å². The molecule has 6 nitrogen and oxygen atoms in total. The Balaban J connectivity index is 2.17. The number of hydrogen-bond donors (Lipinski definition) is 1. The minimum absolute atomic E-state index is 0.159. The van der Waals surface area contributed by atoms with E-state index in [0.717, 1.165) is 11.3 Å². The van der Waals surface area contributed by atoms with Gasteiger partial charge in [-0.3, -0.25) is 9.48 Å². The monoisotopic (exact) mass is 248 g/mol. The van der Waals surface area contributed by atoms with Crippen molar-refractivity contribution in [1.82, 2.24) is 14.7 Å². The van der Waals surface area contributed by atoms with Gasteiger partial charge in [-0.05, 0) is 13.0 Å². The van der Waals surface area contributed by atoms with Gasteiger partial charge in [0.1, 0.15) is 11.5 Å². The Hall–Kier alpha value is -2.24. The zero-order valence-corrected chi connectivity index (χ0v) is 10.7. The van der Waals surface area contributed by atoms with E-state index in [2.05, 4.69) is 5.10 Å². The second-order valence-corrected chi connectivity index (χ2v) is 4.24. The normalized spacial score (nSPS) is 10.6. The van der Waals surface area contributed by atoms with Crippen molar-refractivity contribution in [2.75, 3.05) is 12.8 Å². The van der Waals surface area contributed by atoms with Crippen LogP contribution in [0.5, 0.6) is 0 Å². The summed E-state index contributed by atoms with van der Waals surface area (Å²) in [6.45, 7) is 2.35. The number of aryl methyl sites for hydroxylation is 2. The first kappa shape index (κ1) is 12.2. The average Bonchev–Trinajstić information content (AvgIpc) is 2.86. The molecule has 0 aliphatic carbocycles. The number of carbonyl (C=O) groups is 1. The standard InChI is InChI=1S/C12H16N4O2/c1-8-9(4-5-18-8)7-15(2)12(17)11-10(13)6-14-16(11)3/h4-6H,7,13H2,1-3H3. The molecule has 6 heteroatoms. The van der Waals surface area contributed by atoms with Crippen LogP contribution in [0.4, 0.5) is 5.69 Å². The molecule has 0 bridgehead atoms. The minimum Gasteiger partial charge on any atom is -0.469 e. The molecule has 0 radical (unpaired) electrons. The summed E-state index contributed by atoms with van der Waals surface area (Å²) in [5, 5.41) is 3.96. The van der Waals surface area contributed by atoms with Gasteiger partial charge in [-0.25, -0.2) is 0 Å². The molecule has 0 fully saturated rings. The first-order valence-electron chi connectivity index (χ1n) is 5.56. The summed E-state index contributed by atoms with van der Waals surface area (Å²) < 4.78 is 6.69. The van der Waals surface area contributed by atoms with Crippen molar-refractivity contribution in [3.05, 3.63) is 35.5 Å². The smallest absolute Gasteiger partial charge is 0.274 e. The summed E-state index contributed by atoms with van der Waals surface area (Å²) in [6.07, 6.45) is 3.09. The van der Waals surface area contributed by atoms with Gasteiger partial charge in [0.05, 0.1) is 18.1 Å². The van der Waals surface area contributed by atoms with Crippen molar-refractivity contribution >= 4 is 11.6 Å². The third-order valence-electron chi connectivity index (χ3n) is 2.89. The topological polar surface area (TPSA) is 77.3 Å². The van der Waals surface area contributed by atoms with E-state index in [1.165, 1.54) is 10.9 Å². The summed E-state index contributed by atoms with van der Waals surface area (Å²) >= 11 is 0. The SMILES string of the molecule is Cc1occc1CN(C)C(=O)c1c(N)cnn1C. The molecule has 0 aliphatic rings. The predicted molar refractivity (Wildman–Crippen MR) is 66.9 cm³/mol. The van der Waals surface area contributed by atoms with Gasteiger partial charge < -0.3 is 15.1 Å². The molecular formula is C12H16N4O2. The molecule has 1 amide bonds. The average molecular weight is 248 g/mol. The zero-order valence-electron chi connectivity index (χ0n) is 10.7. The molecule has 0 aromatic carbocycles. The Morgan fingerprint density at radius 1 is 1.61 bits per heavy atom. The van der Waals surface area contributed by atoms with Crippen LogP contribution in [0, 0.1) is 6.92 Å². The first-order valence-corrected chi connectivity index (χ1v) is 5.56. The van der Waals surface area contributed by atoms with Crippen LogP contribution in [0.1, 0.15) is 21.8 Å². The van der Waals surface area contributed by atoms with Crippen LogP contribution in [0.15, 0.2) is 22.9 Å².